The summed E-state index contributed by atoms with van der Waals surface area (Å²) in [5.41, 5.74) is 0.972. The fourth-order valence-electron chi connectivity index (χ4n) is 6.45. The van der Waals surface area contributed by atoms with Gasteiger partial charge in [0.05, 0.1) is 12.7 Å². The van der Waals surface area contributed by atoms with Gasteiger partial charge in [-0.1, -0.05) is 0 Å². The highest BCUT2D eigenvalue weighted by Gasteiger charge is 2.51. The molecule has 1 N–H and O–H groups in total. The van der Waals surface area contributed by atoms with Crippen molar-refractivity contribution in [1.82, 2.24) is 14.8 Å². The van der Waals surface area contributed by atoms with Gasteiger partial charge in [-0.15, -0.1) is 0 Å². The molecule has 2 heterocycles. The molecule has 5 rings (SSSR count). The molecule has 0 amide bonds. The van der Waals surface area contributed by atoms with Crippen LogP contribution in [0.1, 0.15) is 55.4 Å². The largest absolute Gasteiger partial charge is 0.465 e. The number of fused-ring (bicyclic) bond motifs is 3. The standard InChI is InChI=1S/C20H25N3O3/c1-10(17-13-4-3-12-5-11(6-13)7-14(12)17)23-8-15-18(21-22-19(15)24)16(9-23)20(25)26-2/h8-14,17H,3-7H2,1-2H3,(H,22,24)/t10-,11-,12+,13-,14+,17-/m1/s1. The minimum atomic E-state index is -0.450. The van der Waals surface area contributed by atoms with E-state index in [4.69, 9.17) is 4.74 Å². The van der Waals surface area contributed by atoms with Gasteiger partial charge in [0.2, 0.25) is 0 Å². The number of aromatic nitrogens is 3. The van der Waals surface area contributed by atoms with Crippen molar-refractivity contribution in [1.29, 1.82) is 0 Å². The second-order valence-corrected chi connectivity index (χ2v) is 8.58. The van der Waals surface area contributed by atoms with Crippen LogP contribution in [0.25, 0.3) is 11.3 Å². The summed E-state index contributed by atoms with van der Waals surface area (Å²) in [4.78, 5) is 24.4. The van der Waals surface area contributed by atoms with E-state index in [-0.39, 0.29) is 11.6 Å². The van der Waals surface area contributed by atoms with Crippen LogP contribution in [0.3, 0.4) is 0 Å². The molecule has 5 aliphatic rings. The molecule has 0 spiro atoms. The summed E-state index contributed by atoms with van der Waals surface area (Å²) < 4.78 is 7.00. The van der Waals surface area contributed by atoms with Crippen LogP contribution in [0.5, 0.6) is 0 Å². The maximum Gasteiger partial charge on any atom is 0.341 e. The van der Waals surface area contributed by atoms with Gasteiger partial charge >= 0.3 is 5.97 Å². The molecule has 3 fully saturated rings. The van der Waals surface area contributed by atoms with Gasteiger partial charge in [-0.25, -0.2) is 9.89 Å². The van der Waals surface area contributed by atoms with Gasteiger partial charge in [-0.3, -0.25) is 4.79 Å². The summed E-state index contributed by atoms with van der Waals surface area (Å²) in [6, 6.07) is 0.258. The van der Waals surface area contributed by atoms with Crippen molar-refractivity contribution in [2.24, 2.45) is 29.6 Å². The van der Waals surface area contributed by atoms with Crippen molar-refractivity contribution in [2.75, 3.05) is 7.11 Å². The van der Waals surface area contributed by atoms with Gasteiger partial charge in [0.25, 0.3) is 5.56 Å². The molecule has 3 aliphatic carbocycles. The van der Waals surface area contributed by atoms with E-state index >= 15 is 0 Å². The number of H-pyrrole nitrogens is 1. The predicted molar refractivity (Wildman–Crippen MR) is 96.1 cm³/mol. The minimum absolute atomic E-state index is 0.252. The Morgan fingerprint density at radius 1 is 1.27 bits per heavy atom. The second kappa shape index (κ2) is 5.69. The Bertz CT molecular complexity index is 885. The van der Waals surface area contributed by atoms with Crippen LogP contribution >= 0.6 is 0 Å². The topological polar surface area (TPSA) is 77.0 Å². The number of esters is 1. The van der Waals surface area contributed by atoms with E-state index in [9.17, 15) is 9.59 Å². The summed E-state index contributed by atoms with van der Waals surface area (Å²) in [6.07, 6.45) is 10.5. The Hall–Kier alpha value is -2.11. The van der Waals surface area contributed by atoms with E-state index in [1.807, 2.05) is 12.4 Å². The van der Waals surface area contributed by atoms with Gasteiger partial charge < -0.3 is 9.30 Å². The summed E-state index contributed by atoms with van der Waals surface area (Å²) in [5, 5.41) is 6.49. The molecule has 138 valence electrons. The zero-order valence-electron chi connectivity index (χ0n) is 15.3. The monoisotopic (exact) mass is 355 g/mol. The maximum absolute atomic E-state index is 12.3. The lowest BCUT2D eigenvalue weighted by Gasteiger charge is -2.46. The number of carbonyl (C=O) groups excluding carboxylic acids is 1. The molecular weight excluding hydrogens is 330 g/mol. The number of nitrogens with zero attached hydrogens (tertiary/aromatic N) is 2. The van der Waals surface area contributed by atoms with Crippen molar-refractivity contribution >= 4 is 5.97 Å². The Kier molecular flexibility index (Phi) is 3.52. The third-order valence-electron chi connectivity index (χ3n) is 7.44. The third-order valence-corrected chi connectivity index (χ3v) is 7.44. The maximum atomic E-state index is 12.3. The first-order valence-electron chi connectivity index (χ1n) is 9.75. The minimum Gasteiger partial charge on any atom is -0.465 e. The van der Waals surface area contributed by atoms with Crippen LogP contribution in [0, 0.1) is 29.6 Å². The number of ether oxygens (including phenoxy) is 1. The molecule has 6 atom stereocenters. The average molecular weight is 355 g/mol. The molecular formula is C20H25N3O3. The molecule has 2 aliphatic heterocycles. The number of aromatic amines is 1. The first kappa shape index (κ1) is 16.1. The highest BCUT2D eigenvalue weighted by atomic mass is 16.5. The van der Waals surface area contributed by atoms with Crippen molar-refractivity contribution in [2.45, 2.75) is 45.1 Å². The molecule has 26 heavy (non-hydrogen) atoms. The van der Waals surface area contributed by atoms with E-state index in [1.54, 1.807) is 0 Å². The fourth-order valence-corrected chi connectivity index (χ4v) is 6.45. The van der Waals surface area contributed by atoms with Gasteiger partial charge in [-0.05, 0) is 68.6 Å². The van der Waals surface area contributed by atoms with Gasteiger partial charge in [0, 0.05) is 18.4 Å². The first-order valence-corrected chi connectivity index (χ1v) is 9.75. The molecule has 6 heteroatoms. The van der Waals surface area contributed by atoms with Crippen LogP contribution in [-0.4, -0.2) is 27.8 Å². The fraction of sp³-hybridized carbons (Fsp3) is 0.650. The first-order chi connectivity index (χ1) is 12.6. The van der Waals surface area contributed by atoms with Gasteiger partial charge in [0.1, 0.15) is 11.3 Å². The number of hydrogen-bond acceptors (Lipinski definition) is 4. The number of rotatable bonds is 3. The Labute approximate surface area is 152 Å². The van der Waals surface area contributed by atoms with E-state index in [1.165, 1.54) is 39.2 Å². The van der Waals surface area contributed by atoms with Crippen LogP contribution in [0.15, 0.2) is 17.2 Å². The second-order valence-electron chi connectivity index (χ2n) is 8.58. The summed E-state index contributed by atoms with van der Waals surface area (Å²) in [6.45, 7) is 2.25. The molecule has 6 nitrogen and oxygen atoms in total. The van der Waals surface area contributed by atoms with Crippen molar-refractivity contribution < 1.29 is 9.53 Å². The molecule has 3 saturated carbocycles. The molecule has 0 aromatic heterocycles. The molecule has 0 radical (unpaired) electrons. The highest BCUT2D eigenvalue weighted by Crippen LogP contribution is 2.60. The zero-order chi connectivity index (χ0) is 18.0. The number of hydrogen-bond donors (Lipinski definition) is 1. The van der Waals surface area contributed by atoms with Crippen molar-refractivity contribution in [3.8, 4) is 11.3 Å². The van der Waals surface area contributed by atoms with Crippen LogP contribution in [0.4, 0.5) is 0 Å². The number of nitrogens with one attached hydrogen (secondary N) is 1. The highest BCUT2D eigenvalue weighted by molar-refractivity contribution is 5.95. The number of pyridine rings is 1. The van der Waals surface area contributed by atoms with Crippen molar-refractivity contribution in [3.05, 3.63) is 28.3 Å². The Morgan fingerprint density at radius 3 is 2.85 bits per heavy atom. The third kappa shape index (κ3) is 2.20. The molecule has 3 bridgehead atoms. The summed E-state index contributed by atoms with van der Waals surface area (Å²) in [5.74, 6) is 3.55. The Balaban J connectivity index is 1.58. The van der Waals surface area contributed by atoms with E-state index in [0.717, 1.165) is 23.7 Å². The van der Waals surface area contributed by atoms with Crippen LogP contribution < -0.4 is 5.56 Å². The van der Waals surface area contributed by atoms with Gasteiger partial charge in [-0.2, -0.15) is 5.10 Å². The quantitative estimate of drug-likeness (QED) is 0.858. The number of methoxy groups -OCH3 is 1. The zero-order valence-corrected chi connectivity index (χ0v) is 15.3. The Morgan fingerprint density at radius 2 is 2.04 bits per heavy atom. The van der Waals surface area contributed by atoms with E-state index in [2.05, 4.69) is 21.7 Å². The summed E-state index contributed by atoms with van der Waals surface area (Å²) in [7, 11) is 1.36. The molecule has 0 unspecified atom stereocenters. The SMILES string of the molecule is COC(=O)c1cn([C@H](C)[C@@H]2[C@@H]3CC[C@H]4C[C@H](C3)C[C@@H]42)cc2c(=O)[nH]nc1-2. The lowest BCUT2D eigenvalue weighted by atomic mass is 9.62. The number of carbonyl (C=O) groups is 1. The lowest BCUT2D eigenvalue weighted by molar-refractivity contribution is 0.0449. The van der Waals surface area contributed by atoms with Crippen LogP contribution in [-0.2, 0) is 4.74 Å². The average Bonchev–Trinajstić information content (AvgIpc) is 3.12. The van der Waals surface area contributed by atoms with Crippen molar-refractivity contribution in [3.63, 3.8) is 0 Å². The van der Waals surface area contributed by atoms with Gasteiger partial charge in [0.15, 0.2) is 0 Å². The van der Waals surface area contributed by atoms with E-state index < -0.39 is 5.97 Å². The smallest absolute Gasteiger partial charge is 0.341 e. The molecule has 0 saturated heterocycles. The van der Waals surface area contributed by atoms with Crippen LogP contribution in [0.2, 0.25) is 0 Å². The lowest BCUT2D eigenvalue weighted by Crippen LogP contribution is -2.39. The predicted octanol–water partition coefficient (Wildman–Crippen LogP) is 3.10. The van der Waals surface area contributed by atoms with E-state index in [0.29, 0.717) is 22.7 Å². The normalized spacial score (nSPS) is 33.5. The molecule has 0 aromatic carbocycles. The molecule has 0 aromatic rings. The summed E-state index contributed by atoms with van der Waals surface area (Å²) >= 11 is 0.